The number of methoxy groups -OCH3 is 1. The molecule has 0 spiro atoms. The summed E-state index contributed by atoms with van der Waals surface area (Å²) in [7, 11) is 1.72. The second-order valence-electron chi connectivity index (χ2n) is 4.59. The first-order valence-corrected chi connectivity index (χ1v) is 6.50. The quantitative estimate of drug-likeness (QED) is 0.862. The summed E-state index contributed by atoms with van der Waals surface area (Å²) >= 11 is 0. The van der Waals surface area contributed by atoms with Crippen LogP contribution >= 0.6 is 0 Å². The molecule has 1 aromatic carbocycles. The van der Waals surface area contributed by atoms with Crippen LogP contribution in [0.15, 0.2) is 48.8 Å². The van der Waals surface area contributed by atoms with E-state index < -0.39 is 0 Å². The lowest BCUT2D eigenvalue weighted by Crippen LogP contribution is -2.19. The van der Waals surface area contributed by atoms with Gasteiger partial charge in [0.25, 0.3) is 0 Å². The van der Waals surface area contributed by atoms with Crippen molar-refractivity contribution in [2.75, 3.05) is 7.11 Å². The fourth-order valence-corrected chi connectivity index (χ4v) is 2.04. The number of hydrogen-bond acceptors (Lipinski definition) is 3. The lowest BCUT2D eigenvalue weighted by Gasteiger charge is -2.15. The van der Waals surface area contributed by atoms with E-state index in [1.807, 2.05) is 18.3 Å². The van der Waals surface area contributed by atoms with Crippen LogP contribution < -0.4 is 5.32 Å². The first kappa shape index (κ1) is 13.7. The highest BCUT2D eigenvalue weighted by Crippen LogP contribution is 2.14. The average Bonchev–Trinajstić information content (AvgIpc) is 2.47. The molecule has 19 heavy (non-hydrogen) atoms. The zero-order valence-electron chi connectivity index (χ0n) is 11.5. The van der Waals surface area contributed by atoms with Gasteiger partial charge >= 0.3 is 0 Å². The molecule has 1 atom stereocenters. The van der Waals surface area contributed by atoms with Crippen molar-refractivity contribution in [2.24, 2.45) is 0 Å². The van der Waals surface area contributed by atoms with E-state index in [1.54, 1.807) is 13.3 Å². The van der Waals surface area contributed by atoms with E-state index in [1.165, 1.54) is 16.7 Å². The van der Waals surface area contributed by atoms with Gasteiger partial charge in [-0.05, 0) is 29.7 Å². The zero-order chi connectivity index (χ0) is 13.5. The van der Waals surface area contributed by atoms with Gasteiger partial charge in [-0.1, -0.05) is 30.3 Å². The Kier molecular flexibility index (Phi) is 5.07. The predicted octanol–water partition coefficient (Wildman–Crippen LogP) is 3.08. The Bertz CT molecular complexity index is 499. The third kappa shape index (κ3) is 3.88. The highest BCUT2D eigenvalue weighted by molar-refractivity contribution is 5.26. The molecule has 0 saturated carbocycles. The minimum atomic E-state index is 0.282. The second kappa shape index (κ2) is 7.02. The molecule has 2 rings (SSSR count). The fraction of sp³-hybridized carbons (Fsp3) is 0.312. The Morgan fingerprint density at radius 3 is 2.63 bits per heavy atom. The number of ether oxygens (including phenoxy) is 1. The van der Waals surface area contributed by atoms with E-state index in [0.29, 0.717) is 6.61 Å². The highest BCUT2D eigenvalue weighted by Gasteiger charge is 2.06. The van der Waals surface area contributed by atoms with E-state index in [9.17, 15) is 0 Å². The van der Waals surface area contributed by atoms with E-state index in [-0.39, 0.29) is 6.04 Å². The van der Waals surface area contributed by atoms with Crippen molar-refractivity contribution in [2.45, 2.75) is 26.1 Å². The molecule has 0 aliphatic rings. The van der Waals surface area contributed by atoms with Gasteiger partial charge in [0.15, 0.2) is 0 Å². The maximum absolute atomic E-state index is 5.22. The number of rotatable bonds is 6. The van der Waals surface area contributed by atoms with Gasteiger partial charge in [-0.25, -0.2) is 0 Å². The number of pyridine rings is 1. The Labute approximate surface area is 114 Å². The Morgan fingerprint density at radius 2 is 1.95 bits per heavy atom. The first-order valence-electron chi connectivity index (χ1n) is 6.50. The molecule has 0 fully saturated rings. The van der Waals surface area contributed by atoms with Crippen molar-refractivity contribution in [3.63, 3.8) is 0 Å². The molecule has 0 bridgehead atoms. The normalized spacial score (nSPS) is 12.3. The van der Waals surface area contributed by atoms with Gasteiger partial charge in [-0.3, -0.25) is 4.98 Å². The molecule has 3 heteroatoms. The minimum absolute atomic E-state index is 0.282. The maximum Gasteiger partial charge on any atom is 0.0716 e. The van der Waals surface area contributed by atoms with Crippen LogP contribution in [0.2, 0.25) is 0 Å². The second-order valence-corrected chi connectivity index (χ2v) is 4.59. The predicted molar refractivity (Wildman–Crippen MR) is 76.6 cm³/mol. The van der Waals surface area contributed by atoms with Gasteiger partial charge in [0.05, 0.1) is 6.61 Å². The molecule has 0 saturated heterocycles. The lowest BCUT2D eigenvalue weighted by atomic mass is 10.1. The van der Waals surface area contributed by atoms with Gasteiger partial charge in [-0.15, -0.1) is 0 Å². The van der Waals surface area contributed by atoms with Crippen molar-refractivity contribution in [1.82, 2.24) is 10.3 Å². The van der Waals surface area contributed by atoms with Crippen molar-refractivity contribution in [1.29, 1.82) is 0 Å². The van der Waals surface area contributed by atoms with Crippen LogP contribution in [0.25, 0.3) is 0 Å². The van der Waals surface area contributed by atoms with Gasteiger partial charge in [0.2, 0.25) is 0 Å². The standard InChI is InChI=1S/C16H20N2O/c1-13(14-8-5-9-17-10-14)18-11-15-6-3-4-7-16(15)12-19-2/h3-10,13,18H,11-12H2,1-2H3/t13-/m1/s1. The third-order valence-corrected chi connectivity index (χ3v) is 3.20. The number of nitrogens with one attached hydrogen (secondary N) is 1. The molecule has 0 unspecified atom stereocenters. The summed E-state index contributed by atoms with van der Waals surface area (Å²) in [6.07, 6.45) is 3.70. The number of benzene rings is 1. The molecular weight excluding hydrogens is 236 g/mol. The Balaban J connectivity index is 1.99. The van der Waals surface area contributed by atoms with Crippen LogP contribution in [0, 0.1) is 0 Å². The number of nitrogens with zero attached hydrogens (tertiary/aromatic N) is 1. The highest BCUT2D eigenvalue weighted by atomic mass is 16.5. The SMILES string of the molecule is COCc1ccccc1CN[C@H](C)c1cccnc1. The van der Waals surface area contributed by atoms with Crippen LogP contribution in [-0.4, -0.2) is 12.1 Å². The third-order valence-electron chi connectivity index (χ3n) is 3.20. The Hall–Kier alpha value is -1.71. The Morgan fingerprint density at radius 1 is 1.16 bits per heavy atom. The topological polar surface area (TPSA) is 34.1 Å². The van der Waals surface area contributed by atoms with Crippen molar-refractivity contribution < 1.29 is 4.74 Å². The summed E-state index contributed by atoms with van der Waals surface area (Å²) in [6, 6.07) is 12.7. The molecular formula is C16H20N2O. The van der Waals surface area contributed by atoms with E-state index in [4.69, 9.17) is 4.74 Å². The van der Waals surface area contributed by atoms with E-state index in [2.05, 4.69) is 41.5 Å². The maximum atomic E-state index is 5.22. The molecule has 0 aliphatic heterocycles. The summed E-state index contributed by atoms with van der Waals surface area (Å²) in [6.45, 7) is 3.63. The van der Waals surface area contributed by atoms with Crippen molar-refractivity contribution in [3.05, 3.63) is 65.5 Å². The summed E-state index contributed by atoms with van der Waals surface area (Å²) < 4.78 is 5.22. The number of aromatic nitrogens is 1. The summed E-state index contributed by atoms with van der Waals surface area (Å²) in [5.41, 5.74) is 3.71. The van der Waals surface area contributed by atoms with Crippen molar-refractivity contribution in [3.8, 4) is 0 Å². The first-order chi connectivity index (χ1) is 9.31. The molecule has 1 heterocycles. The summed E-state index contributed by atoms with van der Waals surface area (Å²) in [4.78, 5) is 4.15. The van der Waals surface area contributed by atoms with Crippen LogP contribution in [0.5, 0.6) is 0 Å². The molecule has 2 aromatic rings. The average molecular weight is 256 g/mol. The zero-order valence-corrected chi connectivity index (χ0v) is 11.5. The monoisotopic (exact) mass is 256 g/mol. The van der Waals surface area contributed by atoms with Crippen LogP contribution in [0.4, 0.5) is 0 Å². The van der Waals surface area contributed by atoms with Gasteiger partial charge < -0.3 is 10.1 Å². The lowest BCUT2D eigenvalue weighted by molar-refractivity contribution is 0.184. The molecule has 3 nitrogen and oxygen atoms in total. The summed E-state index contributed by atoms with van der Waals surface area (Å²) in [5.74, 6) is 0. The fourth-order valence-electron chi connectivity index (χ4n) is 2.04. The molecule has 0 radical (unpaired) electrons. The molecule has 0 amide bonds. The number of hydrogen-bond donors (Lipinski definition) is 1. The van der Waals surface area contributed by atoms with Crippen molar-refractivity contribution >= 4 is 0 Å². The molecule has 100 valence electrons. The molecule has 1 N–H and O–H groups in total. The summed E-state index contributed by atoms with van der Waals surface area (Å²) in [5, 5.41) is 3.52. The largest absolute Gasteiger partial charge is 0.380 e. The van der Waals surface area contributed by atoms with Crippen LogP contribution in [-0.2, 0) is 17.9 Å². The van der Waals surface area contributed by atoms with Gasteiger partial charge in [0, 0.05) is 32.1 Å². The van der Waals surface area contributed by atoms with Gasteiger partial charge in [0.1, 0.15) is 0 Å². The minimum Gasteiger partial charge on any atom is -0.380 e. The molecule has 0 aliphatic carbocycles. The van der Waals surface area contributed by atoms with Crippen LogP contribution in [0.3, 0.4) is 0 Å². The van der Waals surface area contributed by atoms with Crippen LogP contribution in [0.1, 0.15) is 29.7 Å². The van der Waals surface area contributed by atoms with Gasteiger partial charge in [-0.2, -0.15) is 0 Å². The van der Waals surface area contributed by atoms with E-state index in [0.717, 1.165) is 6.54 Å². The van der Waals surface area contributed by atoms with E-state index >= 15 is 0 Å². The molecule has 1 aromatic heterocycles. The smallest absolute Gasteiger partial charge is 0.0716 e.